The highest BCUT2D eigenvalue weighted by atomic mass is 16.7. The summed E-state index contributed by atoms with van der Waals surface area (Å²) < 4.78 is 10.8. The summed E-state index contributed by atoms with van der Waals surface area (Å²) in [5.41, 5.74) is 0.948. The first-order valence-corrected chi connectivity index (χ1v) is 3.89. The zero-order valence-electron chi connectivity index (χ0n) is 7.59. The number of hydrogen-bond donors (Lipinski definition) is 0. The molecule has 1 aliphatic rings. The van der Waals surface area contributed by atoms with Gasteiger partial charge in [-0.1, -0.05) is 25.3 Å². The minimum absolute atomic E-state index is 0.540. The molecule has 66 valence electrons. The average molecular weight is 166 g/mol. The second-order valence-corrected chi connectivity index (χ2v) is 3.14. The van der Waals surface area contributed by atoms with Gasteiger partial charge in [-0.2, -0.15) is 0 Å². The zero-order valence-corrected chi connectivity index (χ0v) is 7.59. The van der Waals surface area contributed by atoms with Gasteiger partial charge in [0.1, 0.15) is 5.76 Å². The van der Waals surface area contributed by atoms with Gasteiger partial charge in [-0.15, -0.1) is 0 Å². The van der Waals surface area contributed by atoms with Gasteiger partial charge in [0.15, 0.2) is 0 Å². The van der Waals surface area contributed by atoms with Crippen LogP contribution in [-0.2, 0) is 9.47 Å². The number of hydrogen-bond acceptors (Lipinski definition) is 2. The van der Waals surface area contributed by atoms with E-state index in [1.807, 2.05) is 19.9 Å². The molecule has 0 unspecified atom stereocenters. The second-order valence-electron chi connectivity index (χ2n) is 3.14. The van der Waals surface area contributed by atoms with Crippen LogP contribution < -0.4 is 0 Å². The van der Waals surface area contributed by atoms with Crippen LogP contribution in [0.15, 0.2) is 36.6 Å². The van der Waals surface area contributed by atoms with Crippen LogP contribution in [0.5, 0.6) is 0 Å². The molecule has 0 aromatic carbocycles. The highest BCUT2D eigenvalue weighted by Gasteiger charge is 2.27. The van der Waals surface area contributed by atoms with E-state index < -0.39 is 5.79 Å². The largest absolute Gasteiger partial charge is 0.463 e. The van der Waals surface area contributed by atoms with Crippen molar-refractivity contribution in [3.05, 3.63) is 36.6 Å². The topological polar surface area (TPSA) is 18.5 Å². The lowest BCUT2D eigenvalue weighted by molar-refractivity contribution is -0.200. The van der Waals surface area contributed by atoms with Crippen LogP contribution in [0.3, 0.4) is 0 Å². The first-order valence-electron chi connectivity index (χ1n) is 3.89. The molecule has 0 radical (unpaired) electrons. The summed E-state index contributed by atoms with van der Waals surface area (Å²) in [6, 6.07) is 0. The molecule has 1 heterocycles. The molecule has 2 heteroatoms. The summed E-state index contributed by atoms with van der Waals surface area (Å²) in [7, 11) is 0. The molecule has 0 amide bonds. The Kier molecular flexibility index (Phi) is 2.38. The minimum Gasteiger partial charge on any atom is -0.463 e. The van der Waals surface area contributed by atoms with E-state index >= 15 is 0 Å². The summed E-state index contributed by atoms with van der Waals surface area (Å²) in [5, 5.41) is 0. The van der Waals surface area contributed by atoms with Gasteiger partial charge in [-0.25, -0.2) is 0 Å². The van der Waals surface area contributed by atoms with Crippen molar-refractivity contribution < 1.29 is 9.47 Å². The van der Waals surface area contributed by atoms with E-state index in [-0.39, 0.29) is 0 Å². The summed E-state index contributed by atoms with van der Waals surface area (Å²) in [6.07, 6.45) is 3.54. The van der Waals surface area contributed by atoms with Gasteiger partial charge < -0.3 is 9.47 Å². The number of ether oxygens (including phenoxy) is 2. The summed E-state index contributed by atoms with van der Waals surface area (Å²) in [5.74, 6) is 0.126. The summed E-state index contributed by atoms with van der Waals surface area (Å²) in [4.78, 5) is 0. The molecule has 0 saturated carbocycles. The number of rotatable bonds is 1. The zero-order chi connectivity index (χ0) is 9.19. The standard InChI is InChI=1S/C10H14O2/c1-5-6-9-7-11-10(3,4)12-8(9)2/h5-6H,1-2,7H2,3-4H3. The normalized spacial score (nSPS) is 25.2. The lowest BCUT2D eigenvalue weighted by Crippen LogP contribution is -2.33. The van der Waals surface area contributed by atoms with Crippen LogP contribution in [0, 0.1) is 0 Å². The molecule has 1 saturated heterocycles. The Hall–Kier alpha value is -1.02. The third-order valence-corrected chi connectivity index (χ3v) is 1.62. The van der Waals surface area contributed by atoms with Gasteiger partial charge >= 0.3 is 0 Å². The Balaban J connectivity index is 2.73. The SMILES string of the molecule is C=CC=C1COC(C)(C)OC1=C. The molecule has 0 atom stereocenters. The van der Waals surface area contributed by atoms with Crippen molar-refractivity contribution >= 4 is 0 Å². The second kappa shape index (κ2) is 3.15. The van der Waals surface area contributed by atoms with Crippen molar-refractivity contribution in [2.45, 2.75) is 19.6 Å². The summed E-state index contributed by atoms with van der Waals surface area (Å²) >= 11 is 0. The fourth-order valence-electron chi connectivity index (χ4n) is 1.01. The highest BCUT2D eigenvalue weighted by Crippen LogP contribution is 2.26. The Morgan fingerprint density at radius 1 is 1.50 bits per heavy atom. The van der Waals surface area contributed by atoms with E-state index in [0.29, 0.717) is 12.4 Å². The lowest BCUT2D eigenvalue weighted by Gasteiger charge is -2.33. The predicted molar refractivity (Wildman–Crippen MR) is 48.5 cm³/mol. The van der Waals surface area contributed by atoms with Gasteiger partial charge in [0.05, 0.1) is 6.61 Å². The predicted octanol–water partition coefficient (Wildman–Crippen LogP) is 2.40. The molecule has 0 aromatic rings. The van der Waals surface area contributed by atoms with Crippen molar-refractivity contribution in [1.29, 1.82) is 0 Å². The fraction of sp³-hybridized carbons (Fsp3) is 0.400. The quantitative estimate of drug-likeness (QED) is 0.595. The maximum Gasteiger partial charge on any atom is 0.205 e. The van der Waals surface area contributed by atoms with Gasteiger partial charge in [-0.05, 0) is 0 Å². The van der Waals surface area contributed by atoms with Gasteiger partial charge in [0, 0.05) is 19.4 Å². The smallest absolute Gasteiger partial charge is 0.205 e. The molecule has 1 fully saturated rings. The molecule has 0 aliphatic carbocycles. The molecule has 0 spiro atoms. The molecular weight excluding hydrogens is 152 g/mol. The molecule has 0 aromatic heterocycles. The lowest BCUT2D eigenvalue weighted by atomic mass is 10.2. The van der Waals surface area contributed by atoms with Crippen LogP contribution in [0.4, 0.5) is 0 Å². The van der Waals surface area contributed by atoms with Crippen molar-refractivity contribution in [2.75, 3.05) is 6.61 Å². The Labute approximate surface area is 73.2 Å². The van der Waals surface area contributed by atoms with E-state index in [4.69, 9.17) is 9.47 Å². The fourth-order valence-corrected chi connectivity index (χ4v) is 1.01. The van der Waals surface area contributed by atoms with E-state index in [1.54, 1.807) is 6.08 Å². The molecule has 12 heavy (non-hydrogen) atoms. The minimum atomic E-state index is -0.546. The maximum atomic E-state index is 5.41. The third-order valence-electron chi connectivity index (χ3n) is 1.62. The molecular formula is C10H14O2. The molecule has 1 aliphatic heterocycles. The first kappa shape index (κ1) is 9.07. The Morgan fingerprint density at radius 3 is 2.67 bits per heavy atom. The molecule has 0 N–H and O–H groups in total. The first-order chi connectivity index (χ1) is 5.55. The third kappa shape index (κ3) is 1.98. The molecule has 2 nitrogen and oxygen atoms in total. The van der Waals surface area contributed by atoms with Crippen molar-refractivity contribution in [3.63, 3.8) is 0 Å². The van der Waals surface area contributed by atoms with Gasteiger partial charge in [-0.3, -0.25) is 0 Å². The molecule has 0 bridgehead atoms. The van der Waals surface area contributed by atoms with Crippen LogP contribution >= 0.6 is 0 Å². The maximum absolute atomic E-state index is 5.41. The molecule has 1 rings (SSSR count). The van der Waals surface area contributed by atoms with Gasteiger partial charge in [0.25, 0.3) is 0 Å². The van der Waals surface area contributed by atoms with Crippen molar-refractivity contribution in [3.8, 4) is 0 Å². The Morgan fingerprint density at radius 2 is 2.17 bits per heavy atom. The van der Waals surface area contributed by atoms with E-state index in [2.05, 4.69) is 13.2 Å². The van der Waals surface area contributed by atoms with E-state index in [1.165, 1.54) is 0 Å². The van der Waals surface area contributed by atoms with E-state index in [9.17, 15) is 0 Å². The highest BCUT2D eigenvalue weighted by molar-refractivity contribution is 5.28. The van der Waals surface area contributed by atoms with Crippen LogP contribution in [0.25, 0.3) is 0 Å². The van der Waals surface area contributed by atoms with Gasteiger partial charge in [0.2, 0.25) is 5.79 Å². The van der Waals surface area contributed by atoms with Crippen LogP contribution in [0.1, 0.15) is 13.8 Å². The average Bonchev–Trinajstić information content (AvgIpc) is 1.94. The monoisotopic (exact) mass is 166 g/mol. The number of allylic oxidation sites excluding steroid dienone is 2. The Bertz CT molecular complexity index is 236. The summed E-state index contributed by atoms with van der Waals surface area (Å²) in [6.45, 7) is 11.7. The van der Waals surface area contributed by atoms with Crippen LogP contribution in [0.2, 0.25) is 0 Å². The van der Waals surface area contributed by atoms with Crippen LogP contribution in [-0.4, -0.2) is 12.4 Å². The van der Waals surface area contributed by atoms with E-state index in [0.717, 1.165) is 5.57 Å². The van der Waals surface area contributed by atoms with Crippen molar-refractivity contribution in [1.82, 2.24) is 0 Å². The van der Waals surface area contributed by atoms with Crippen molar-refractivity contribution in [2.24, 2.45) is 0 Å².